The molecule has 0 amide bonds. The standard InChI is InChI=1S/C20H18N2O/c1-14(2)16-5-7-17(8-6-16)20(23)10-4-15-3-9-18-19(13-15)22-12-11-21-18/h3-14H,1-2H3. The van der Waals surface area contributed by atoms with Gasteiger partial charge in [0.2, 0.25) is 0 Å². The Bertz CT molecular complexity index is 864. The lowest BCUT2D eigenvalue weighted by Crippen LogP contribution is -1.95. The highest BCUT2D eigenvalue weighted by molar-refractivity contribution is 6.06. The molecule has 3 heteroatoms. The molecule has 0 fully saturated rings. The second kappa shape index (κ2) is 6.53. The van der Waals surface area contributed by atoms with Gasteiger partial charge in [0.1, 0.15) is 0 Å². The molecule has 1 heterocycles. The number of hydrogen-bond donors (Lipinski definition) is 0. The molecule has 3 rings (SSSR count). The number of allylic oxidation sites excluding steroid dienone is 1. The summed E-state index contributed by atoms with van der Waals surface area (Å²) < 4.78 is 0. The van der Waals surface area contributed by atoms with Gasteiger partial charge in [0, 0.05) is 18.0 Å². The first kappa shape index (κ1) is 15.1. The summed E-state index contributed by atoms with van der Waals surface area (Å²) in [5, 5.41) is 0. The molecule has 0 radical (unpaired) electrons. The lowest BCUT2D eigenvalue weighted by Gasteiger charge is -2.05. The van der Waals surface area contributed by atoms with Gasteiger partial charge in [-0.1, -0.05) is 50.3 Å². The van der Waals surface area contributed by atoms with Crippen molar-refractivity contribution in [2.24, 2.45) is 0 Å². The van der Waals surface area contributed by atoms with Crippen molar-refractivity contribution in [1.29, 1.82) is 0 Å². The molecule has 0 spiro atoms. The Labute approximate surface area is 135 Å². The summed E-state index contributed by atoms with van der Waals surface area (Å²) in [7, 11) is 0. The third-order valence-electron chi connectivity index (χ3n) is 3.78. The van der Waals surface area contributed by atoms with Crippen LogP contribution in [0.3, 0.4) is 0 Å². The number of aromatic nitrogens is 2. The summed E-state index contributed by atoms with van der Waals surface area (Å²) in [6.45, 7) is 4.28. The number of rotatable bonds is 4. The second-order valence-electron chi connectivity index (χ2n) is 5.78. The summed E-state index contributed by atoms with van der Waals surface area (Å²) in [4.78, 5) is 20.8. The zero-order valence-electron chi connectivity index (χ0n) is 13.2. The van der Waals surface area contributed by atoms with Gasteiger partial charge in [-0.3, -0.25) is 14.8 Å². The third-order valence-corrected chi connectivity index (χ3v) is 3.78. The first-order valence-electron chi connectivity index (χ1n) is 7.66. The van der Waals surface area contributed by atoms with Crippen molar-refractivity contribution in [3.63, 3.8) is 0 Å². The predicted octanol–water partition coefficient (Wildman–Crippen LogP) is 4.65. The molecule has 0 aliphatic carbocycles. The van der Waals surface area contributed by atoms with Crippen LogP contribution in [0, 0.1) is 0 Å². The van der Waals surface area contributed by atoms with Crippen LogP contribution in [0.15, 0.2) is 60.9 Å². The Hall–Kier alpha value is -2.81. The van der Waals surface area contributed by atoms with E-state index >= 15 is 0 Å². The minimum absolute atomic E-state index is 0.000418. The maximum absolute atomic E-state index is 12.2. The van der Waals surface area contributed by atoms with E-state index in [-0.39, 0.29) is 5.78 Å². The Morgan fingerprint density at radius 2 is 1.65 bits per heavy atom. The van der Waals surface area contributed by atoms with E-state index in [2.05, 4.69) is 23.8 Å². The van der Waals surface area contributed by atoms with Gasteiger partial charge in [-0.05, 0) is 35.3 Å². The summed E-state index contributed by atoms with van der Waals surface area (Å²) >= 11 is 0. The van der Waals surface area contributed by atoms with E-state index in [1.54, 1.807) is 18.5 Å². The van der Waals surface area contributed by atoms with Crippen LogP contribution in [-0.2, 0) is 0 Å². The first-order chi connectivity index (χ1) is 11.1. The van der Waals surface area contributed by atoms with E-state index in [0.717, 1.165) is 16.6 Å². The number of carbonyl (C=O) groups excluding carboxylic acids is 1. The van der Waals surface area contributed by atoms with Crippen molar-refractivity contribution in [3.8, 4) is 0 Å². The number of fused-ring (bicyclic) bond motifs is 1. The van der Waals surface area contributed by atoms with Gasteiger partial charge in [0.05, 0.1) is 11.0 Å². The number of ketones is 1. The quantitative estimate of drug-likeness (QED) is 0.520. The van der Waals surface area contributed by atoms with Crippen LogP contribution in [0.5, 0.6) is 0 Å². The maximum atomic E-state index is 12.2. The third kappa shape index (κ3) is 3.51. The van der Waals surface area contributed by atoms with Gasteiger partial charge >= 0.3 is 0 Å². The number of hydrogen-bond acceptors (Lipinski definition) is 3. The summed E-state index contributed by atoms with van der Waals surface area (Å²) in [5.74, 6) is 0.466. The Balaban J connectivity index is 1.78. The normalized spacial score (nSPS) is 11.4. The summed E-state index contributed by atoms with van der Waals surface area (Å²) in [6, 6.07) is 13.6. The lowest BCUT2D eigenvalue weighted by molar-refractivity contribution is 0.104. The monoisotopic (exact) mass is 302 g/mol. The van der Waals surface area contributed by atoms with Crippen molar-refractivity contribution < 1.29 is 4.79 Å². The number of carbonyl (C=O) groups is 1. The van der Waals surface area contributed by atoms with E-state index < -0.39 is 0 Å². The molecule has 0 bridgehead atoms. The fraction of sp³-hybridized carbons (Fsp3) is 0.150. The van der Waals surface area contributed by atoms with E-state index in [0.29, 0.717) is 11.5 Å². The highest BCUT2D eigenvalue weighted by Gasteiger charge is 2.04. The fourth-order valence-electron chi connectivity index (χ4n) is 2.38. The first-order valence-corrected chi connectivity index (χ1v) is 7.66. The number of nitrogens with zero attached hydrogens (tertiary/aromatic N) is 2. The molecule has 0 N–H and O–H groups in total. The van der Waals surface area contributed by atoms with Gasteiger partial charge in [0.25, 0.3) is 0 Å². The summed E-state index contributed by atoms with van der Waals surface area (Å²) in [6.07, 6.45) is 6.74. The second-order valence-corrected chi connectivity index (χ2v) is 5.78. The average Bonchev–Trinajstić information content (AvgIpc) is 2.59. The molecule has 0 unspecified atom stereocenters. The van der Waals surface area contributed by atoms with Crippen molar-refractivity contribution in [2.75, 3.05) is 0 Å². The van der Waals surface area contributed by atoms with Crippen LogP contribution in [0.2, 0.25) is 0 Å². The van der Waals surface area contributed by atoms with Gasteiger partial charge < -0.3 is 0 Å². The van der Waals surface area contributed by atoms with Gasteiger partial charge in [-0.15, -0.1) is 0 Å². The molecule has 0 atom stereocenters. The molecule has 23 heavy (non-hydrogen) atoms. The van der Waals surface area contributed by atoms with Gasteiger partial charge in [-0.2, -0.15) is 0 Å². The Kier molecular flexibility index (Phi) is 4.29. The molecular weight excluding hydrogens is 284 g/mol. The highest BCUT2D eigenvalue weighted by atomic mass is 16.1. The van der Waals surface area contributed by atoms with Gasteiger partial charge in [0.15, 0.2) is 5.78 Å². The SMILES string of the molecule is CC(C)c1ccc(C(=O)C=Cc2ccc3nccnc3c2)cc1. The lowest BCUT2D eigenvalue weighted by atomic mass is 10.0. The minimum Gasteiger partial charge on any atom is -0.289 e. The fourth-order valence-corrected chi connectivity index (χ4v) is 2.38. The van der Waals surface area contributed by atoms with E-state index in [4.69, 9.17) is 0 Å². The van der Waals surface area contributed by atoms with Crippen LogP contribution < -0.4 is 0 Å². The molecular formula is C20H18N2O. The molecule has 114 valence electrons. The molecule has 1 aromatic heterocycles. The number of benzene rings is 2. The van der Waals surface area contributed by atoms with Crippen LogP contribution in [0.25, 0.3) is 17.1 Å². The topological polar surface area (TPSA) is 42.9 Å². The van der Waals surface area contributed by atoms with E-state index in [1.807, 2.05) is 48.5 Å². The van der Waals surface area contributed by atoms with Crippen molar-refractivity contribution in [3.05, 3.63) is 77.6 Å². The van der Waals surface area contributed by atoms with Crippen LogP contribution >= 0.6 is 0 Å². The molecule has 0 saturated carbocycles. The summed E-state index contributed by atoms with van der Waals surface area (Å²) in [5.41, 5.74) is 4.54. The predicted molar refractivity (Wildman–Crippen MR) is 93.4 cm³/mol. The van der Waals surface area contributed by atoms with Crippen LogP contribution in [-0.4, -0.2) is 15.8 Å². The van der Waals surface area contributed by atoms with Crippen LogP contribution in [0.4, 0.5) is 0 Å². The van der Waals surface area contributed by atoms with Gasteiger partial charge in [-0.25, -0.2) is 0 Å². The highest BCUT2D eigenvalue weighted by Crippen LogP contribution is 2.16. The Morgan fingerprint density at radius 3 is 2.35 bits per heavy atom. The van der Waals surface area contributed by atoms with E-state index in [9.17, 15) is 4.79 Å². The smallest absolute Gasteiger partial charge is 0.185 e. The molecule has 0 saturated heterocycles. The average molecular weight is 302 g/mol. The maximum Gasteiger partial charge on any atom is 0.185 e. The van der Waals surface area contributed by atoms with Crippen molar-refractivity contribution in [1.82, 2.24) is 9.97 Å². The zero-order chi connectivity index (χ0) is 16.2. The molecule has 2 aromatic carbocycles. The molecule has 0 aliphatic rings. The molecule has 0 aliphatic heterocycles. The van der Waals surface area contributed by atoms with Crippen molar-refractivity contribution >= 4 is 22.9 Å². The van der Waals surface area contributed by atoms with Crippen LogP contribution in [0.1, 0.15) is 41.3 Å². The Morgan fingerprint density at radius 1 is 0.957 bits per heavy atom. The van der Waals surface area contributed by atoms with E-state index in [1.165, 1.54) is 5.56 Å². The minimum atomic E-state index is -0.000418. The molecule has 3 nitrogen and oxygen atoms in total. The van der Waals surface area contributed by atoms with Crippen molar-refractivity contribution in [2.45, 2.75) is 19.8 Å². The molecule has 3 aromatic rings. The largest absolute Gasteiger partial charge is 0.289 e. The zero-order valence-corrected chi connectivity index (χ0v) is 13.2.